The summed E-state index contributed by atoms with van der Waals surface area (Å²) in [6, 6.07) is 8.15. The fraction of sp³-hybridized carbons (Fsp3) is 0.273. The van der Waals surface area contributed by atoms with Crippen LogP contribution in [0.3, 0.4) is 0 Å². The minimum atomic E-state index is 0.477. The first-order valence-electron chi connectivity index (χ1n) is 4.52. The molecule has 14 heavy (non-hydrogen) atoms. The van der Waals surface area contributed by atoms with Crippen LogP contribution in [-0.4, -0.2) is 4.98 Å². The van der Waals surface area contributed by atoms with Gasteiger partial charge in [0.15, 0.2) is 5.01 Å². The highest BCUT2D eigenvalue weighted by molar-refractivity contribution is 7.19. The van der Waals surface area contributed by atoms with Crippen LogP contribution in [0.4, 0.5) is 0 Å². The van der Waals surface area contributed by atoms with Crippen molar-refractivity contribution in [3.63, 3.8) is 0 Å². The maximum absolute atomic E-state index is 8.77. The summed E-state index contributed by atoms with van der Waals surface area (Å²) in [4.78, 5) is 4.23. The molecule has 3 heteroatoms. The highest BCUT2D eigenvalue weighted by Crippen LogP contribution is 2.29. The third kappa shape index (κ3) is 1.38. The summed E-state index contributed by atoms with van der Waals surface area (Å²) in [5.74, 6) is 0.477. The Labute approximate surface area is 86.8 Å². The van der Waals surface area contributed by atoms with Gasteiger partial charge in [0.2, 0.25) is 0 Å². The number of nitrogens with zero attached hydrogens (tertiary/aromatic N) is 2. The molecule has 0 unspecified atom stereocenters. The van der Waals surface area contributed by atoms with Gasteiger partial charge < -0.3 is 0 Å². The van der Waals surface area contributed by atoms with Gasteiger partial charge in [0.05, 0.1) is 10.2 Å². The second kappa shape index (κ2) is 3.39. The molecule has 0 N–H and O–H groups in total. The zero-order chi connectivity index (χ0) is 10.1. The molecule has 2 aromatic rings. The molecule has 0 radical (unpaired) electrons. The highest BCUT2D eigenvalue weighted by atomic mass is 32.1. The number of aromatic nitrogens is 1. The second-order valence-electron chi connectivity index (χ2n) is 3.48. The van der Waals surface area contributed by atoms with Gasteiger partial charge in [-0.05, 0) is 17.5 Å². The van der Waals surface area contributed by atoms with E-state index in [2.05, 4.69) is 31.0 Å². The van der Waals surface area contributed by atoms with Crippen molar-refractivity contribution in [2.24, 2.45) is 0 Å². The Morgan fingerprint density at radius 2 is 2.21 bits per heavy atom. The molecule has 1 heterocycles. The molecule has 0 bridgehead atoms. The number of hydrogen-bond donors (Lipinski definition) is 0. The van der Waals surface area contributed by atoms with Gasteiger partial charge in [0.25, 0.3) is 0 Å². The molecule has 0 saturated heterocycles. The summed E-state index contributed by atoms with van der Waals surface area (Å²) in [6.07, 6.45) is 0. The molecule has 1 aromatic heterocycles. The molecular formula is C11H10N2S. The average Bonchev–Trinajstić information content (AvgIpc) is 2.59. The van der Waals surface area contributed by atoms with Crippen LogP contribution >= 0.6 is 11.3 Å². The fourth-order valence-corrected chi connectivity index (χ4v) is 2.50. The molecule has 0 aliphatic rings. The minimum absolute atomic E-state index is 0.477. The van der Waals surface area contributed by atoms with Crippen LogP contribution in [0.2, 0.25) is 0 Å². The van der Waals surface area contributed by atoms with Crippen molar-refractivity contribution in [3.8, 4) is 6.07 Å². The van der Waals surface area contributed by atoms with E-state index in [0.717, 1.165) is 10.2 Å². The lowest BCUT2D eigenvalue weighted by Gasteiger charge is -2.04. The predicted molar refractivity (Wildman–Crippen MR) is 58.4 cm³/mol. The monoisotopic (exact) mass is 202 g/mol. The number of fused-ring (bicyclic) bond motifs is 1. The Hall–Kier alpha value is -1.40. The number of nitriles is 1. The van der Waals surface area contributed by atoms with Crippen molar-refractivity contribution >= 4 is 21.6 Å². The maximum Gasteiger partial charge on any atom is 0.195 e. The van der Waals surface area contributed by atoms with E-state index in [-0.39, 0.29) is 0 Å². The van der Waals surface area contributed by atoms with E-state index >= 15 is 0 Å². The minimum Gasteiger partial charge on any atom is -0.226 e. The van der Waals surface area contributed by atoms with Crippen molar-refractivity contribution < 1.29 is 0 Å². The normalized spacial score (nSPS) is 10.7. The summed E-state index contributed by atoms with van der Waals surface area (Å²) in [7, 11) is 0. The van der Waals surface area contributed by atoms with Crippen LogP contribution in [0.25, 0.3) is 10.2 Å². The Morgan fingerprint density at radius 3 is 2.86 bits per heavy atom. The van der Waals surface area contributed by atoms with Gasteiger partial charge in [-0.2, -0.15) is 5.26 Å². The third-order valence-corrected chi connectivity index (χ3v) is 3.19. The highest BCUT2D eigenvalue weighted by Gasteiger charge is 2.09. The Balaban J connectivity index is 2.74. The van der Waals surface area contributed by atoms with Crippen molar-refractivity contribution in [1.29, 1.82) is 5.26 Å². The van der Waals surface area contributed by atoms with Gasteiger partial charge in [-0.3, -0.25) is 0 Å². The lowest BCUT2D eigenvalue weighted by molar-refractivity contribution is 0.878. The van der Waals surface area contributed by atoms with Gasteiger partial charge >= 0.3 is 0 Å². The lowest BCUT2D eigenvalue weighted by Crippen LogP contribution is -1.85. The van der Waals surface area contributed by atoms with Crippen molar-refractivity contribution in [2.45, 2.75) is 19.8 Å². The van der Waals surface area contributed by atoms with Crippen molar-refractivity contribution in [1.82, 2.24) is 4.98 Å². The van der Waals surface area contributed by atoms with Crippen LogP contribution in [0.1, 0.15) is 30.3 Å². The van der Waals surface area contributed by atoms with Gasteiger partial charge in [-0.1, -0.05) is 26.0 Å². The molecular weight excluding hydrogens is 192 g/mol. The first-order valence-corrected chi connectivity index (χ1v) is 5.33. The molecule has 0 spiro atoms. The first-order chi connectivity index (χ1) is 6.72. The van der Waals surface area contributed by atoms with Gasteiger partial charge in [0.1, 0.15) is 6.07 Å². The SMILES string of the molecule is CC(C)c1cccc2nc(C#N)sc12. The molecule has 0 aliphatic heterocycles. The van der Waals surface area contributed by atoms with Crippen molar-refractivity contribution in [3.05, 3.63) is 28.8 Å². The summed E-state index contributed by atoms with van der Waals surface area (Å²) in [5, 5.41) is 9.32. The molecule has 1 aromatic carbocycles. The van der Waals surface area contributed by atoms with Crippen LogP contribution in [0.15, 0.2) is 18.2 Å². The molecule has 2 nitrogen and oxygen atoms in total. The van der Waals surface area contributed by atoms with E-state index in [1.54, 1.807) is 0 Å². The molecule has 2 rings (SSSR count). The van der Waals surface area contributed by atoms with E-state index in [1.807, 2.05) is 12.1 Å². The topological polar surface area (TPSA) is 36.7 Å². The van der Waals surface area contributed by atoms with Crippen LogP contribution in [-0.2, 0) is 0 Å². The number of benzene rings is 1. The van der Waals surface area contributed by atoms with Gasteiger partial charge in [-0.15, -0.1) is 11.3 Å². The number of hydrogen-bond acceptors (Lipinski definition) is 3. The zero-order valence-corrected chi connectivity index (χ0v) is 8.93. The van der Waals surface area contributed by atoms with Crippen LogP contribution in [0.5, 0.6) is 0 Å². The molecule has 0 fully saturated rings. The van der Waals surface area contributed by atoms with Crippen LogP contribution < -0.4 is 0 Å². The Kier molecular flexibility index (Phi) is 2.22. The fourth-order valence-electron chi connectivity index (χ4n) is 1.47. The molecule has 70 valence electrons. The van der Waals surface area contributed by atoms with E-state index in [1.165, 1.54) is 16.9 Å². The molecule has 0 amide bonds. The first kappa shape index (κ1) is 9.17. The van der Waals surface area contributed by atoms with Crippen LogP contribution in [0, 0.1) is 11.3 Å². The molecule has 0 atom stereocenters. The Morgan fingerprint density at radius 1 is 1.43 bits per heavy atom. The summed E-state index contributed by atoms with van der Waals surface area (Å²) >= 11 is 1.48. The second-order valence-corrected chi connectivity index (χ2v) is 4.48. The third-order valence-electron chi connectivity index (χ3n) is 2.16. The Bertz CT molecular complexity index is 505. The zero-order valence-electron chi connectivity index (χ0n) is 8.11. The lowest BCUT2D eigenvalue weighted by atomic mass is 10.0. The number of rotatable bonds is 1. The smallest absolute Gasteiger partial charge is 0.195 e. The summed E-state index contributed by atoms with van der Waals surface area (Å²) < 4.78 is 1.15. The van der Waals surface area contributed by atoms with Gasteiger partial charge in [-0.25, -0.2) is 4.98 Å². The van der Waals surface area contributed by atoms with E-state index < -0.39 is 0 Å². The molecule has 0 saturated carbocycles. The molecule has 0 aliphatic carbocycles. The number of thiazole rings is 1. The summed E-state index contributed by atoms with van der Waals surface area (Å²) in [6.45, 7) is 4.31. The predicted octanol–water partition coefficient (Wildman–Crippen LogP) is 3.29. The quantitative estimate of drug-likeness (QED) is 0.711. The van der Waals surface area contributed by atoms with E-state index in [9.17, 15) is 0 Å². The average molecular weight is 202 g/mol. The largest absolute Gasteiger partial charge is 0.226 e. The van der Waals surface area contributed by atoms with E-state index in [0.29, 0.717) is 10.9 Å². The van der Waals surface area contributed by atoms with E-state index in [4.69, 9.17) is 5.26 Å². The van der Waals surface area contributed by atoms with Gasteiger partial charge in [0, 0.05) is 0 Å². The van der Waals surface area contributed by atoms with Crippen molar-refractivity contribution in [2.75, 3.05) is 0 Å². The maximum atomic E-state index is 8.77. The summed E-state index contributed by atoms with van der Waals surface area (Å²) in [5.41, 5.74) is 2.22. The standard InChI is InChI=1S/C11H10N2S/c1-7(2)8-4-3-5-9-11(8)14-10(6-12)13-9/h3-5,7H,1-2H3.